The molecule has 2 atom stereocenters. The quantitative estimate of drug-likeness (QED) is 0.725. The molecule has 2 saturated heterocycles. The second-order valence-electron chi connectivity index (χ2n) is 4.58. The molecular weight excluding hydrogens is 192 g/mol. The van der Waals surface area contributed by atoms with Crippen LogP contribution in [-0.4, -0.2) is 42.6 Å². The van der Waals surface area contributed by atoms with E-state index in [9.17, 15) is 4.79 Å². The summed E-state index contributed by atoms with van der Waals surface area (Å²) in [6.07, 6.45) is 5.01. The Kier molecular flexibility index (Phi) is 3.59. The highest BCUT2D eigenvalue weighted by Crippen LogP contribution is 2.18. The third kappa shape index (κ3) is 2.92. The van der Waals surface area contributed by atoms with E-state index in [0.717, 1.165) is 39.0 Å². The Labute approximate surface area is 90.8 Å². The molecule has 2 aliphatic rings. The van der Waals surface area contributed by atoms with Crippen molar-refractivity contribution in [2.45, 2.75) is 44.2 Å². The summed E-state index contributed by atoms with van der Waals surface area (Å²) in [6.45, 7) is 2.37. The highest BCUT2D eigenvalue weighted by molar-refractivity contribution is 5.77. The molecule has 1 amide bonds. The minimum absolute atomic E-state index is 0.156. The molecule has 0 aromatic heterocycles. The second-order valence-corrected chi connectivity index (χ2v) is 4.58. The summed E-state index contributed by atoms with van der Waals surface area (Å²) in [5.74, 6) is 0.217. The first-order chi connectivity index (χ1) is 7.25. The van der Waals surface area contributed by atoms with E-state index in [0.29, 0.717) is 6.42 Å². The fourth-order valence-corrected chi connectivity index (χ4v) is 2.31. The monoisotopic (exact) mass is 212 g/mol. The van der Waals surface area contributed by atoms with Gasteiger partial charge in [-0.25, -0.2) is 0 Å². The van der Waals surface area contributed by atoms with E-state index in [1.54, 1.807) is 0 Å². The second kappa shape index (κ2) is 4.94. The van der Waals surface area contributed by atoms with E-state index < -0.39 is 0 Å². The number of nitrogens with zero attached hydrogens (tertiary/aromatic N) is 1. The van der Waals surface area contributed by atoms with Crippen molar-refractivity contribution in [3.63, 3.8) is 0 Å². The average Bonchev–Trinajstić information content (AvgIpc) is 2.66. The average molecular weight is 212 g/mol. The zero-order chi connectivity index (χ0) is 10.7. The minimum Gasteiger partial charge on any atom is -0.378 e. The maximum atomic E-state index is 11.8. The van der Waals surface area contributed by atoms with Gasteiger partial charge < -0.3 is 15.4 Å². The summed E-state index contributed by atoms with van der Waals surface area (Å²) >= 11 is 0. The summed E-state index contributed by atoms with van der Waals surface area (Å²) in [6, 6.07) is 0.182. The molecule has 0 aromatic carbocycles. The van der Waals surface area contributed by atoms with Crippen LogP contribution in [0.3, 0.4) is 0 Å². The van der Waals surface area contributed by atoms with Crippen molar-refractivity contribution in [2.75, 3.05) is 19.7 Å². The zero-order valence-corrected chi connectivity index (χ0v) is 9.15. The number of hydrogen-bond acceptors (Lipinski definition) is 3. The summed E-state index contributed by atoms with van der Waals surface area (Å²) < 4.78 is 5.56. The minimum atomic E-state index is 0.156. The van der Waals surface area contributed by atoms with E-state index in [4.69, 9.17) is 10.5 Å². The van der Waals surface area contributed by atoms with Gasteiger partial charge in [0.05, 0.1) is 12.5 Å². The van der Waals surface area contributed by atoms with Crippen LogP contribution >= 0.6 is 0 Å². The predicted octanol–water partition coefficient (Wildman–Crippen LogP) is 0.505. The molecule has 0 radical (unpaired) electrons. The maximum Gasteiger partial charge on any atom is 0.225 e. The molecule has 0 bridgehead atoms. The summed E-state index contributed by atoms with van der Waals surface area (Å²) in [5, 5.41) is 0. The normalized spacial score (nSPS) is 31.9. The first-order valence-electron chi connectivity index (χ1n) is 5.90. The van der Waals surface area contributed by atoms with Crippen molar-refractivity contribution >= 4 is 5.91 Å². The van der Waals surface area contributed by atoms with E-state index in [1.165, 1.54) is 6.42 Å². The summed E-state index contributed by atoms with van der Waals surface area (Å²) in [5.41, 5.74) is 5.77. The van der Waals surface area contributed by atoms with Crippen molar-refractivity contribution in [1.29, 1.82) is 0 Å². The molecular formula is C11H20N2O2. The molecule has 2 unspecified atom stereocenters. The number of ether oxygens (including phenoxy) is 1. The Morgan fingerprint density at radius 3 is 2.87 bits per heavy atom. The lowest BCUT2D eigenvalue weighted by Crippen LogP contribution is -2.35. The third-order valence-electron chi connectivity index (χ3n) is 3.25. The smallest absolute Gasteiger partial charge is 0.225 e. The van der Waals surface area contributed by atoms with E-state index >= 15 is 0 Å². The Morgan fingerprint density at radius 2 is 2.27 bits per heavy atom. The van der Waals surface area contributed by atoms with Gasteiger partial charge in [-0.1, -0.05) is 0 Å². The molecule has 2 aliphatic heterocycles. The van der Waals surface area contributed by atoms with Crippen LogP contribution in [-0.2, 0) is 9.53 Å². The fourth-order valence-electron chi connectivity index (χ4n) is 2.31. The van der Waals surface area contributed by atoms with Crippen LogP contribution < -0.4 is 5.73 Å². The van der Waals surface area contributed by atoms with Gasteiger partial charge in [-0.15, -0.1) is 0 Å². The van der Waals surface area contributed by atoms with Crippen LogP contribution in [0.25, 0.3) is 0 Å². The number of likely N-dealkylation sites (tertiary alicyclic amines) is 1. The lowest BCUT2D eigenvalue weighted by atomic mass is 10.1. The van der Waals surface area contributed by atoms with Gasteiger partial charge in [-0.2, -0.15) is 0 Å². The topological polar surface area (TPSA) is 55.6 Å². The van der Waals surface area contributed by atoms with Gasteiger partial charge in [0.25, 0.3) is 0 Å². The number of nitrogens with two attached hydrogens (primary N) is 1. The largest absolute Gasteiger partial charge is 0.378 e. The van der Waals surface area contributed by atoms with Gasteiger partial charge in [0, 0.05) is 25.7 Å². The molecule has 0 saturated carbocycles. The Hall–Kier alpha value is -0.610. The molecule has 86 valence electrons. The van der Waals surface area contributed by atoms with Crippen LogP contribution in [0.5, 0.6) is 0 Å². The Morgan fingerprint density at radius 1 is 1.40 bits per heavy atom. The molecule has 15 heavy (non-hydrogen) atoms. The van der Waals surface area contributed by atoms with E-state index in [2.05, 4.69) is 0 Å². The Balaban J connectivity index is 1.76. The van der Waals surface area contributed by atoms with Crippen LogP contribution in [0.4, 0.5) is 0 Å². The molecule has 2 heterocycles. The number of amides is 1. The molecule has 0 aromatic rings. The number of carbonyl (C=O) groups is 1. The lowest BCUT2D eigenvalue weighted by molar-refractivity contribution is -0.134. The van der Waals surface area contributed by atoms with Gasteiger partial charge in [-0.3, -0.25) is 4.79 Å². The fraction of sp³-hybridized carbons (Fsp3) is 0.909. The highest BCUT2D eigenvalue weighted by atomic mass is 16.5. The van der Waals surface area contributed by atoms with Gasteiger partial charge in [-0.05, 0) is 25.7 Å². The zero-order valence-electron chi connectivity index (χ0n) is 9.15. The van der Waals surface area contributed by atoms with Gasteiger partial charge >= 0.3 is 0 Å². The maximum absolute atomic E-state index is 11.8. The molecule has 2 fully saturated rings. The van der Waals surface area contributed by atoms with Gasteiger partial charge in [0.1, 0.15) is 0 Å². The molecule has 4 nitrogen and oxygen atoms in total. The number of rotatable bonds is 2. The van der Waals surface area contributed by atoms with E-state index in [-0.39, 0.29) is 18.1 Å². The SMILES string of the molecule is NC1CCN(C(=O)CC2CCCCO2)C1. The van der Waals surface area contributed by atoms with Crippen LogP contribution in [0.15, 0.2) is 0 Å². The first kappa shape index (κ1) is 10.9. The third-order valence-corrected chi connectivity index (χ3v) is 3.25. The van der Waals surface area contributed by atoms with Crippen molar-refractivity contribution in [1.82, 2.24) is 4.90 Å². The number of hydrogen-bond donors (Lipinski definition) is 1. The van der Waals surface area contributed by atoms with Crippen molar-refractivity contribution in [3.8, 4) is 0 Å². The van der Waals surface area contributed by atoms with E-state index in [1.807, 2.05) is 4.90 Å². The van der Waals surface area contributed by atoms with Crippen molar-refractivity contribution in [3.05, 3.63) is 0 Å². The molecule has 2 rings (SSSR count). The highest BCUT2D eigenvalue weighted by Gasteiger charge is 2.26. The Bertz CT molecular complexity index is 227. The molecule has 4 heteroatoms. The number of carbonyl (C=O) groups excluding carboxylic acids is 1. The van der Waals surface area contributed by atoms with Crippen LogP contribution in [0.2, 0.25) is 0 Å². The first-order valence-corrected chi connectivity index (χ1v) is 5.90. The van der Waals surface area contributed by atoms with Crippen molar-refractivity contribution in [2.24, 2.45) is 5.73 Å². The lowest BCUT2D eigenvalue weighted by Gasteiger charge is -2.24. The summed E-state index contributed by atoms with van der Waals surface area (Å²) in [7, 11) is 0. The summed E-state index contributed by atoms with van der Waals surface area (Å²) in [4.78, 5) is 13.7. The van der Waals surface area contributed by atoms with Gasteiger partial charge in [0.2, 0.25) is 5.91 Å². The van der Waals surface area contributed by atoms with Crippen LogP contribution in [0, 0.1) is 0 Å². The molecule has 2 N–H and O–H groups in total. The molecule has 0 spiro atoms. The van der Waals surface area contributed by atoms with Gasteiger partial charge in [0.15, 0.2) is 0 Å². The van der Waals surface area contributed by atoms with Crippen molar-refractivity contribution < 1.29 is 9.53 Å². The predicted molar refractivity (Wildman–Crippen MR) is 57.4 cm³/mol. The standard InChI is InChI=1S/C11H20N2O2/c12-9-4-5-13(8-9)11(14)7-10-3-1-2-6-15-10/h9-10H,1-8,12H2. The molecule has 0 aliphatic carbocycles. The van der Waals surface area contributed by atoms with Crippen LogP contribution in [0.1, 0.15) is 32.1 Å².